The van der Waals surface area contributed by atoms with Crippen molar-refractivity contribution in [2.45, 2.75) is 27.2 Å². The lowest BCUT2D eigenvalue weighted by molar-refractivity contribution is 0.0965. The average molecular weight is 265 g/mol. The number of carbonyl (C=O) groups is 1. The molecule has 0 aliphatic rings. The highest BCUT2D eigenvalue weighted by atomic mass is 16.5. The highest BCUT2D eigenvalue weighted by molar-refractivity contribution is 5.96. The van der Waals surface area contributed by atoms with Crippen LogP contribution in [0.5, 0.6) is 11.5 Å². The standard InChI is InChI=1S/C15H23NO3/c1-4-18-14-7-6-12(9-15(14)19-5-2)13(17)8-11(3)10-16/h6-7,9,11H,4-5,8,10,16H2,1-3H3. The van der Waals surface area contributed by atoms with Crippen molar-refractivity contribution < 1.29 is 14.3 Å². The zero-order valence-corrected chi connectivity index (χ0v) is 11.9. The minimum atomic E-state index is 0.0851. The average Bonchev–Trinajstić information content (AvgIpc) is 2.41. The molecule has 19 heavy (non-hydrogen) atoms. The molecule has 1 atom stereocenters. The Bertz CT molecular complexity index is 418. The summed E-state index contributed by atoms with van der Waals surface area (Å²) < 4.78 is 11.0. The number of ketones is 1. The van der Waals surface area contributed by atoms with Gasteiger partial charge >= 0.3 is 0 Å². The van der Waals surface area contributed by atoms with Gasteiger partial charge in [-0.15, -0.1) is 0 Å². The molecule has 0 fully saturated rings. The second-order valence-corrected chi connectivity index (χ2v) is 4.50. The van der Waals surface area contributed by atoms with Crippen molar-refractivity contribution in [3.05, 3.63) is 23.8 Å². The summed E-state index contributed by atoms with van der Waals surface area (Å²) in [5.41, 5.74) is 6.19. The lowest BCUT2D eigenvalue weighted by Crippen LogP contribution is -2.15. The molecule has 0 amide bonds. The SMILES string of the molecule is CCOc1ccc(C(=O)CC(C)CN)cc1OCC. The van der Waals surface area contributed by atoms with Crippen molar-refractivity contribution >= 4 is 5.78 Å². The Kier molecular flexibility index (Phi) is 6.36. The predicted octanol–water partition coefficient (Wildman–Crippen LogP) is 2.65. The minimum absolute atomic E-state index is 0.0851. The zero-order valence-electron chi connectivity index (χ0n) is 11.9. The van der Waals surface area contributed by atoms with Crippen LogP contribution in [0.2, 0.25) is 0 Å². The van der Waals surface area contributed by atoms with Crippen molar-refractivity contribution in [2.24, 2.45) is 11.7 Å². The summed E-state index contributed by atoms with van der Waals surface area (Å²) in [6.45, 7) is 7.41. The number of nitrogens with two attached hydrogens (primary N) is 1. The summed E-state index contributed by atoms with van der Waals surface area (Å²) in [6.07, 6.45) is 0.454. The number of ether oxygens (including phenoxy) is 2. The van der Waals surface area contributed by atoms with Gasteiger partial charge < -0.3 is 15.2 Å². The molecule has 0 saturated carbocycles. The first-order chi connectivity index (χ1) is 9.12. The predicted molar refractivity (Wildman–Crippen MR) is 75.9 cm³/mol. The Hall–Kier alpha value is -1.55. The second-order valence-electron chi connectivity index (χ2n) is 4.50. The van der Waals surface area contributed by atoms with E-state index in [1.807, 2.05) is 20.8 Å². The normalized spacial score (nSPS) is 12.0. The summed E-state index contributed by atoms with van der Waals surface area (Å²) >= 11 is 0. The Morgan fingerprint density at radius 3 is 2.42 bits per heavy atom. The molecule has 0 radical (unpaired) electrons. The molecule has 4 heteroatoms. The Morgan fingerprint density at radius 2 is 1.84 bits per heavy atom. The molecule has 0 heterocycles. The van der Waals surface area contributed by atoms with E-state index in [0.717, 1.165) is 0 Å². The molecular weight excluding hydrogens is 242 g/mol. The molecule has 0 aromatic heterocycles. The van der Waals surface area contributed by atoms with Crippen LogP contribution in [-0.4, -0.2) is 25.5 Å². The van der Waals surface area contributed by atoms with E-state index in [4.69, 9.17) is 15.2 Å². The number of hydrogen-bond acceptors (Lipinski definition) is 4. The molecule has 0 bridgehead atoms. The van der Waals surface area contributed by atoms with E-state index < -0.39 is 0 Å². The Morgan fingerprint density at radius 1 is 1.21 bits per heavy atom. The van der Waals surface area contributed by atoms with E-state index in [0.29, 0.717) is 43.2 Å². The number of carbonyl (C=O) groups excluding carboxylic acids is 1. The monoisotopic (exact) mass is 265 g/mol. The number of rotatable bonds is 8. The number of Topliss-reactive ketones (excluding diaryl/α,β-unsaturated/α-hetero) is 1. The fourth-order valence-electron chi connectivity index (χ4n) is 1.74. The van der Waals surface area contributed by atoms with Crippen LogP contribution >= 0.6 is 0 Å². The highest BCUT2D eigenvalue weighted by Crippen LogP contribution is 2.29. The van der Waals surface area contributed by atoms with E-state index in [-0.39, 0.29) is 11.7 Å². The van der Waals surface area contributed by atoms with E-state index in [1.54, 1.807) is 18.2 Å². The third-order valence-corrected chi connectivity index (χ3v) is 2.80. The smallest absolute Gasteiger partial charge is 0.163 e. The van der Waals surface area contributed by atoms with Gasteiger partial charge in [0.1, 0.15) is 0 Å². The van der Waals surface area contributed by atoms with E-state index >= 15 is 0 Å². The molecular formula is C15H23NO3. The molecule has 1 aromatic rings. The maximum Gasteiger partial charge on any atom is 0.163 e. The third kappa shape index (κ3) is 4.56. The van der Waals surface area contributed by atoms with Gasteiger partial charge in [0, 0.05) is 12.0 Å². The van der Waals surface area contributed by atoms with Gasteiger partial charge in [-0.2, -0.15) is 0 Å². The fourth-order valence-corrected chi connectivity index (χ4v) is 1.74. The van der Waals surface area contributed by atoms with Crippen LogP contribution in [0.1, 0.15) is 37.6 Å². The molecule has 1 rings (SSSR count). The summed E-state index contributed by atoms with van der Waals surface area (Å²) in [5, 5.41) is 0. The summed E-state index contributed by atoms with van der Waals surface area (Å²) in [4.78, 5) is 12.1. The molecule has 0 aliphatic carbocycles. The number of hydrogen-bond donors (Lipinski definition) is 1. The maximum atomic E-state index is 12.1. The van der Waals surface area contributed by atoms with Crippen LogP contribution in [0.25, 0.3) is 0 Å². The van der Waals surface area contributed by atoms with Gasteiger partial charge in [-0.05, 0) is 44.5 Å². The van der Waals surface area contributed by atoms with E-state index in [9.17, 15) is 4.79 Å². The molecule has 1 aromatic carbocycles. The van der Waals surface area contributed by atoms with Crippen molar-refractivity contribution in [1.29, 1.82) is 0 Å². The van der Waals surface area contributed by atoms with Crippen LogP contribution in [0.4, 0.5) is 0 Å². The minimum Gasteiger partial charge on any atom is -0.490 e. The van der Waals surface area contributed by atoms with Gasteiger partial charge in [0.25, 0.3) is 0 Å². The Labute approximate surface area is 114 Å². The third-order valence-electron chi connectivity index (χ3n) is 2.80. The molecule has 106 valence electrons. The van der Waals surface area contributed by atoms with E-state index in [1.165, 1.54) is 0 Å². The molecule has 0 saturated heterocycles. The second kappa shape index (κ2) is 7.79. The fraction of sp³-hybridized carbons (Fsp3) is 0.533. The van der Waals surface area contributed by atoms with Crippen molar-refractivity contribution in [2.75, 3.05) is 19.8 Å². The van der Waals surface area contributed by atoms with Gasteiger partial charge in [0.05, 0.1) is 13.2 Å². The topological polar surface area (TPSA) is 61.5 Å². The lowest BCUT2D eigenvalue weighted by atomic mass is 9.99. The van der Waals surface area contributed by atoms with E-state index in [2.05, 4.69) is 0 Å². The van der Waals surface area contributed by atoms with Gasteiger partial charge in [-0.25, -0.2) is 0 Å². The van der Waals surface area contributed by atoms with Crippen molar-refractivity contribution in [3.8, 4) is 11.5 Å². The molecule has 0 spiro atoms. The molecule has 4 nitrogen and oxygen atoms in total. The summed E-state index contributed by atoms with van der Waals surface area (Å²) in [5.74, 6) is 1.57. The van der Waals surface area contributed by atoms with Crippen LogP contribution in [-0.2, 0) is 0 Å². The molecule has 2 N–H and O–H groups in total. The quantitative estimate of drug-likeness (QED) is 0.734. The Balaban J connectivity index is 2.90. The van der Waals surface area contributed by atoms with Gasteiger partial charge in [0.15, 0.2) is 17.3 Å². The van der Waals surface area contributed by atoms with Crippen molar-refractivity contribution in [3.63, 3.8) is 0 Å². The lowest BCUT2D eigenvalue weighted by Gasteiger charge is -2.13. The zero-order chi connectivity index (χ0) is 14.3. The van der Waals surface area contributed by atoms with Gasteiger partial charge in [-0.1, -0.05) is 6.92 Å². The first-order valence-corrected chi connectivity index (χ1v) is 6.75. The highest BCUT2D eigenvalue weighted by Gasteiger charge is 2.13. The maximum absolute atomic E-state index is 12.1. The van der Waals surface area contributed by atoms with Crippen LogP contribution in [0.15, 0.2) is 18.2 Å². The van der Waals surface area contributed by atoms with Gasteiger partial charge in [-0.3, -0.25) is 4.79 Å². The molecule has 0 aliphatic heterocycles. The largest absolute Gasteiger partial charge is 0.490 e. The van der Waals surface area contributed by atoms with Gasteiger partial charge in [0.2, 0.25) is 0 Å². The first kappa shape index (κ1) is 15.5. The first-order valence-electron chi connectivity index (χ1n) is 6.75. The summed E-state index contributed by atoms with van der Waals surface area (Å²) in [6, 6.07) is 5.31. The van der Waals surface area contributed by atoms with Crippen LogP contribution < -0.4 is 15.2 Å². The summed E-state index contributed by atoms with van der Waals surface area (Å²) in [7, 11) is 0. The van der Waals surface area contributed by atoms with Crippen LogP contribution in [0, 0.1) is 5.92 Å². The van der Waals surface area contributed by atoms with Crippen molar-refractivity contribution in [1.82, 2.24) is 0 Å². The molecule has 1 unspecified atom stereocenters. The number of benzene rings is 1. The van der Waals surface area contributed by atoms with Crippen LogP contribution in [0.3, 0.4) is 0 Å².